The molecular formula is C15H18N2O2. The molecule has 1 aromatic carbocycles. The van der Waals surface area contributed by atoms with Gasteiger partial charge in [-0.15, -0.1) is 0 Å². The van der Waals surface area contributed by atoms with Crippen LogP contribution in [0.5, 0.6) is 0 Å². The van der Waals surface area contributed by atoms with Crippen LogP contribution in [0.1, 0.15) is 29.6 Å². The molecule has 0 bridgehead atoms. The molecule has 1 saturated carbocycles. The minimum Gasteiger partial charge on any atom is -0.396 e. The van der Waals surface area contributed by atoms with Gasteiger partial charge in [-0.3, -0.25) is 4.79 Å². The summed E-state index contributed by atoms with van der Waals surface area (Å²) in [6, 6.07) is 7.60. The SMILES string of the molecule is O=C(NCC1(CO)CCC1)c1ccc2cc[nH]c2c1. The van der Waals surface area contributed by atoms with Gasteiger partial charge in [0.2, 0.25) is 0 Å². The van der Waals surface area contributed by atoms with Crippen molar-refractivity contribution < 1.29 is 9.90 Å². The summed E-state index contributed by atoms with van der Waals surface area (Å²) in [4.78, 5) is 15.2. The van der Waals surface area contributed by atoms with Crippen molar-refractivity contribution in [3.05, 3.63) is 36.0 Å². The first-order valence-electron chi connectivity index (χ1n) is 6.69. The van der Waals surface area contributed by atoms with Gasteiger partial charge < -0.3 is 15.4 Å². The lowest BCUT2D eigenvalue weighted by Crippen LogP contribution is -2.44. The monoisotopic (exact) mass is 258 g/mol. The third-order valence-corrected chi connectivity index (χ3v) is 4.19. The van der Waals surface area contributed by atoms with Crippen LogP contribution in [0.2, 0.25) is 0 Å². The largest absolute Gasteiger partial charge is 0.396 e. The molecule has 1 heterocycles. The van der Waals surface area contributed by atoms with Crippen LogP contribution in [0.15, 0.2) is 30.5 Å². The Morgan fingerprint density at radius 1 is 1.37 bits per heavy atom. The maximum absolute atomic E-state index is 12.1. The molecule has 4 nitrogen and oxygen atoms in total. The molecule has 0 saturated heterocycles. The van der Waals surface area contributed by atoms with Crippen LogP contribution < -0.4 is 5.32 Å². The number of amides is 1. The highest BCUT2D eigenvalue weighted by atomic mass is 16.3. The quantitative estimate of drug-likeness (QED) is 0.786. The van der Waals surface area contributed by atoms with Crippen LogP contribution in [0.4, 0.5) is 0 Å². The molecule has 4 heteroatoms. The average Bonchev–Trinajstić information content (AvgIpc) is 2.84. The molecule has 1 aliphatic carbocycles. The molecule has 3 N–H and O–H groups in total. The van der Waals surface area contributed by atoms with Crippen LogP contribution in [0.25, 0.3) is 10.9 Å². The van der Waals surface area contributed by atoms with Gasteiger partial charge in [0.05, 0.1) is 6.61 Å². The fourth-order valence-corrected chi connectivity index (χ4v) is 2.63. The molecule has 19 heavy (non-hydrogen) atoms. The number of hydrogen-bond acceptors (Lipinski definition) is 2. The maximum Gasteiger partial charge on any atom is 0.251 e. The predicted octanol–water partition coefficient (Wildman–Crippen LogP) is 2.06. The van der Waals surface area contributed by atoms with E-state index in [4.69, 9.17) is 0 Å². The van der Waals surface area contributed by atoms with E-state index in [9.17, 15) is 9.90 Å². The van der Waals surface area contributed by atoms with Gasteiger partial charge in [-0.2, -0.15) is 0 Å². The lowest BCUT2D eigenvalue weighted by Gasteiger charge is -2.40. The van der Waals surface area contributed by atoms with Crippen molar-refractivity contribution in [3.63, 3.8) is 0 Å². The molecule has 1 aromatic heterocycles. The molecule has 100 valence electrons. The van der Waals surface area contributed by atoms with Crippen molar-refractivity contribution in [1.82, 2.24) is 10.3 Å². The lowest BCUT2D eigenvalue weighted by molar-refractivity contribution is 0.0429. The van der Waals surface area contributed by atoms with Crippen LogP contribution >= 0.6 is 0 Å². The van der Waals surface area contributed by atoms with Crippen molar-refractivity contribution in [2.24, 2.45) is 5.41 Å². The zero-order valence-electron chi connectivity index (χ0n) is 10.8. The molecule has 1 amide bonds. The molecule has 0 unspecified atom stereocenters. The zero-order chi connectivity index (χ0) is 13.3. The van der Waals surface area contributed by atoms with E-state index in [2.05, 4.69) is 10.3 Å². The standard InChI is InChI=1S/C15H18N2O2/c18-10-15(5-1-6-15)9-17-14(19)12-3-2-11-4-7-16-13(11)8-12/h2-4,7-8,16,18H,1,5-6,9-10H2,(H,17,19). The van der Waals surface area contributed by atoms with E-state index in [0.717, 1.165) is 30.2 Å². The summed E-state index contributed by atoms with van der Waals surface area (Å²) in [5.74, 6) is -0.0729. The Hall–Kier alpha value is -1.81. The number of H-pyrrole nitrogens is 1. The van der Waals surface area contributed by atoms with Crippen molar-refractivity contribution in [3.8, 4) is 0 Å². The normalized spacial score (nSPS) is 17.1. The van der Waals surface area contributed by atoms with Crippen LogP contribution in [0, 0.1) is 5.41 Å². The average molecular weight is 258 g/mol. The van der Waals surface area contributed by atoms with Crippen molar-refractivity contribution in [2.45, 2.75) is 19.3 Å². The summed E-state index contributed by atoms with van der Waals surface area (Å²) in [5.41, 5.74) is 1.54. The third-order valence-electron chi connectivity index (χ3n) is 4.19. The van der Waals surface area contributed by atoms with Crippen LogP contribution in [0.3, 0.4) is 0 Å². The number of aliphatic hydroxyl groups excluding tert-OH is 1. The Bertz CT molecular complexity index is 593. The molecule has 0 atom stereocenters. The number of carbonyl (C=O) groups is 1. The molecule has 1 fully saturated rings. The van der Waals surface area contributed by atoms with Gasteiger partial charge in [-0.25, -0.2) is 0 Å². The Kier molecular flexibility index (Phi) is 3.03. The first-order valence-corrected chi connectivity index (χ1v) is 6.69. The lowest BCUT2D eigenvalue weighted by atomic mass is 9.69. The molecular weight excluding hydrogens is 240 g/mol. The number of aromatic amines is 1. The first kappa shape index (κ1) is 12.2. The number of fused-ring (bicyclic) bond motifs is 1. The van der Waals surface area contributed by atoms with Crippen LogP contribution in [-0.2, 0) is 0 Å². The Morgan fingerprint density at radius 3 is 2.89 bits per heavy atom. The smallest absolute Gasteiger partial charge is 0.251 e. The topological polar surface area (TPSA) is 65.1 Å². The van der Waals surface area contributed by atoms with Crippen LogP contribution in [-0.4, -0.2) is 29.1 Å². The Morgan fingerprint density at radius 2 is 2.21 bits per heavy atom. The summed E-state index contributed by atoms with van der Waals surface area (Å²) in [6.45, 7) is 0.716. The summed E-state index contributed by atoms with van der Waals surface area (Å²) >= 11 is 0. The summed E-state index contributed by atoms with van der Waals surface area (Å²) in [5, 5.41) is 13.4. The van der Waals surface area contributed by atoms with Gasteiger partial charge >= 0.3 is 0 Å². The highest BCUT2D eigenvalue weighted by molar-refractivity contribution is 5.97. The van der Waals surface area contributed by atoms with Gasteiger partial charge in [0.25, 0.3) is 5.91 Å². The third kappa shape index (κ3) is 2.24. The molecule has 0 radical (unpaired) electrons. The van der Waals surface area contributed by atoms with Gasteiger partial charge in [-0.1, -0.05) is 12.5 Å². The van der Waals surface area contributed by atoms with E-state index < -0.39 is 0 Å². The maximum atomic E-state index is 12.1. The first-order chi connectivity index (χ1) is 9.22. The zero-order valence-corrected chi connectivity index (χ0v) is 10.8. The molecule has 0 aliphatic heterocycles. The number of carbonyl (C=O) groups excluding carboxylic acids is 1. The highest BCUT2D eigenvalue weighted by Gasteiger charge is 2.36. The van der Waals surface area contributed by atoms with Crippen molar-refractivity contribution in [2.75, 3.05) is 13.2 Å². The highest BCUT2D eigenvalue weighted by Crippen LogP contribution is 2.39. The number of hydrogen-bond donors (Lipinski definition) is 3. The summed E-state index contributed by atoms with van der Waals surface area (Å²) in [7, 11) is 0. The number of aliphatic hydroxyl groups is 1. The number of benzene rings is 1. The minimum atomic E-state index is -0.0772. The van der Waals surface area contributed by atoms with E-state index in [1.807, 2.05) is 30.5 Å². The number of rotatable bonds is 4. The van der Waals surface area contributed by atoms with E-state index in [1.165, 1.54) is 0 Å². The fourth-order valence-electron chi connectivity index (χ4n) is 2.63. The second-order valence-corrected chi connectivity index (χ2v) is 5.47. The van der Waals surface area contributed by atoms with Gasteiger partial charge in [-0.05, 0) is 36.4 Å². The Balaban J connectivity index is 1.69. The fraction of sp³-hybridized carbons (Fsp3) is 0.400. The predicted molar refractivity (Wildman–Crippen MR) is 74.0 cm³/mol. The van der Waals surface area contributed by atoms with Crippen molar-refractivity contribution >= 4 is 16.8 Å². The summed E-state index contributed by atoms with van der Waals surface area (Å²) in [6.07, 6.45) is 5.01. The number of nitrogens with one attached hydrogen (secondary N) is 2. The Labute approximate surface area is 111 Å². The molecule has 2 aromatic rings. The van der Waals surface area contributed by atoms with Gasteiger partial charge in [0.1, 0.15) is 0 Å². The van der Waals surface area contributed by atoms with Gasteiger partial charge in [0, 0.05) is 29.2 Å². The van der Waals surface area contributed by atoms with E-state index in [1.54, 1.807) is 0 Å². The van der Waals surface area contributed by atoms with Gasteiger partial charge in [0.15, 0.2) is 0 Å². The minimum absolute atomic E-state index is 0.0729. The van der Waals surface area contributed by atoms with Crippen molar-refractivity contribution in [1.29, 1.82) is 0 Å². The molecule has 1 aliphatic rings. The molecule has 3 rings (SSSR count). The second-order valence-electron chi connectivity index (χ2n) is 5.47. The molecule has 0 spiro atoms. The number of aromatic nitrogens is 1. The summed E-state index contributed by atoms with van der Waals surface area (Å²) < 4.78 is 0. The van der Waals surface area contributed by atoms with E-state index >= 15 is 0 Å². The van der Waals surface area contributed by atoms with E-state index in [-0.39, 0.29) is 17.9 Å². The van der Waals surface area contributed by atoms with E-state index in [0.29, 0.717) is 12.1 Å². The second kappa shape index (κ2) is 4.70.